The number of para-hydroxylation sites is 1. The zero-order chi connectivity index (χ0) is 12.7. The smallest absolute Gasteiger partial charge is 0.0457 e. The number of hydrogen-bond donors (Lipinski definition) is 2. The van der Waals surface area contributed by atoms with Crippen molar-refractivity contribution in [2.24, 2.45) is 11.7 Å². The Labute approximate surface area is 108 Å². The average molecular weight is 243 g/mol. The number of benzene rings is 1. The van der Waals surface area contributed by atoms with E-state index in [1.165, 1.54) is 16.5 Å². The van der Waals surface area contributed by atoms with Gasteiger partial charge in [0.2, 0.25) is 0 Å². The minimum Gasteiger partial charge on any atom is -0.361 e. The molecule has 1 aliphatic carbocycles. The lowest BCUT2D eigenvalue weighted by molar-refractivity contribution is 0.124. The highest BCUT2D eigenvalue weighted by Crippen LogP contribution is 2.41. The van der Waals surface area contributed by atoms with Crippen LogP contribution in [0.5, 0.6) is 0 Å². The van der Waals surface area contributed by atoms with Gasteiger partial charge in [0, 0.05) is 29.2 Å². The summed E-state index contributed by atoms with van der Waals surface area (Å²) >= 11 is 0. The molecule has 1 aromatic heterocycles. The molecular weight excluding hydrogens is 222 g/mol. The number of H-pyrrole nitrogens is 1. The monoisotopic (exact) mass is 243 g/mol. The first-order valence-corrected chi connectivity index (χ1v) is 6.65. The molecule has 3 nitrogen and oxygen atoms in total. The molecule has 0 amide bonds. The van der Waals surface area contributed by atoms with E-state index in [0.717, 1.165) is 12.8 Å². The molecule has 3 rings (SSSR count). The van der Waals surface area contributed by atoms with Crippen molar-refractivity contribution in [1.82, 2.24) is 9.88 Å². The van der Waals surface area contributed by atoms with Crippen LogP contribution in [0.25, 0.3) is 10.9 Å². The minimum atomic E-state index is 0.405. The van der Waals surface area contributed by atoms with Gasteiger partial charge in [-0.05, 0) is 44.5 Å². The number of nitrogens with two attached hydrogens (primary N) is 1. The Bertz CT molecular complexity index is 537. The van der Waals surface area contributed by atoms with Crippen LogP contribution in [0.4, 0.5) is 0 Å². The second-order valence-electron chi connectivity index (χ2n) is 5.69. The molecule has 0 saturated heterocycles. The Balaban J connectivity index is 1.99. The lowest BCUT2D eigenvalue weighted by atomic mass is 9.73. The Morgan fingerprint density at radius 3 is 2.67 bits per heavy atom. The molecule has 3 heteroatoms. The Hall–Kier alpha value is -1.32. The molecule has 1 saturated carbocycles. The minimum absolute atomic E-state index is 0.405. The fourth-order valence-electron chi connectivity index (χ4n) is 3.26. The lowest BCUT2D eigenvalue weighted by Crippen LogP contribution is -2.43. The molecule has 2 aromatic rings. The molecule has 96 valence electrons. The van der Waals surface area contributed by atoms with Gasteiger partial charge < -0.3 is 15.6 Å². The number of nitrogens with one attached hydrogen (secondary N) is 1. The molecule has 18 heavy (non-hydrogen) atoms. The Morgan fingerprint density at radius 1 is 1.28 bits per heavy atom. The van der Waals surface area contributed by atoms with E-state index < -0.39 is 0 Å². The van der Waals surface area contributed by atoms with Gasteiger partial charge in [-0.25, -0.2) is 0 Å². The number of nitrogens with zero attached hydrogens (tertiary/aromatic N) is 1. The fraction of sp³-hybridized carbons (Fsp3) is 0.467. The third-order valence-corrected chi connectivity index (χ3v) is 4.15. The van der Waals surface area contributed by atoms with Gasteiger partial charge in [-0.1, -0.05) is 18.2 Å². The average Bonchev–Trinajstić information content (AvgIpc) is 2.71. The Morgan fingerprint density at radius 2 is 2.00 bits per heavy atom. The second kappa shape index (κ2) is 4.41. The van der Waals surface area contributed by atoms with Crippen LogP contribution in [0, 0.1) is 5.92 Å². The third-order valence-electron chi connectivity index (χ3n) is 4.15. The summed E-state index contributed by atoms with van der Waals surface area (Å²) < 4.78 is 0. The van der Waals surface area contributed by atoms with Gasteiger partial charge in [-0.3, -0.25) is 0 Å². The molecule has 1 aromatic carbocycles. The van der Waals surface area contributed by atoms with Crippen LogP contribution in [-0.2, 0) is 0 Å². The standard InChI is InChI=1S/C15H21N3/c1-18(2)15(10-7-11(16)8-10)13-9-17-14-6-4-3-5-12(13)14/h3-6,9-11,15,17H,7-8,16H2,1-2H3. The molecule has 1 heterocycles. The maximum absolute atomic E-state index is 5.95. The highest BCUT2D eigenvalue weighted by Gasteiger charge is 2.35. The van der Waals surface area contributed by atoms with E-state index >= 15 is 0 Å². The Kier molecular flexibility index (Phi) is 2.88. The van der Waals surface area contributed by atoms with E-state index in [1.54, 1.807) is 0 Å². The summed E-state index contributed by atoms with van der Waals surface area (Å²) in [6, 6.07) is 9.41. The van der Waals surface area contributed by atoms with E-state index in [0.29, 0.717) is 18.0 Å². The van der Waals surface area contributed by atoms with Crippen LogP contribution in [0.3, 0.4) is 0 Å². The molecule has 0 bridgehead atoms. The predicted octanol–water partition coefficient (Wildman–Crippen LogP) is 2.51. The van der Waals surface area contributed by atoms with Crippen LogP contribution in [0.2, 0.25) is 0 Å². The molecule has 1 aliphatic rings. The molecule has 1 unspecified atom stereocenters. The van der Waals surface area contributed by atoms with Crippen LogP contribution in [0.15, 0.2) is 30.5 Å². The number of fused-ring (bicyclic) bond motifs is 1. The van der Waals surface area contributed by atoms with Crippen molar-refractivity contribution < 1.29 is 0 Å². The van der Waals surface area contributed by atoms with Crippen molar-refractivity contribution in [3.05, 3.63) is 36.0 Å². The van der Waals surface area contributed by atoms with Gasteiger partial charge in [0.25, 0.3) is 0 Å². The summed E-state index contributed by atoms with van der Waals surface area (Å²) in [6.45, 7) is 0. The molecule has 0 radical (unpaired) electrons. The van der Waals surface area contributed by atoms with Crippen LogP contribution in [-0.4, -0.2) is 30.0 Å². The van der Waals surface area contributed by atoms with E-state index in [-0.39, 0.29) is 0 Å². The molecule has 1 atom stereocenters. The van der Waals surface area contributed by atoms with E-state index in [9.17, 15) is 0 Å². The molecular formula is C15H21N3. The fourth-order valence-corrected chi connectivity index (χ4v) is 3.26. The SMILES string of the molecule is CN(C)C(c1c[nH]c2ccccc12)C1CC(N)C1. The van der Waals surface area contributed by atoms with Crippen molar-refractivity contribution in [1.29, 1.82) is 0 Å². The maximum atomic E-state index is 5.95. The largest absolute Gasteiger partial charge is 0.361 e. The first-order valence-electron chi connectivity index (χ1n) is 6.65. The molecule has 0 aliphatic heterocycles. The quantitative estimate of drug-likeness (QED) is 0.870. The summed E-state index contributed by atoms with van der Waals surface area (Å²) in [6.07, 6.45) is 4.45. The molecule has 0 spiro atoms. The normalized spacial score (nSPS) is 25.3. The zero-order valence-corrected chi connectivity index (χ0v) is 11.1. The van der Waals surface area contributed by atoms with Crippen molar-refractivity contribution in [2.45, 2.75) is 24.9 Å². The van der Waals surface area contributed by atoms with Gasteiger partial charge in [-0.15, -0.1) is 0 Å². The highest BCUT2D eigenvalue weighted by molar-refractivity contribution is 5.83. The topological polar surface area (TPSA) is 45.0 Å². The predicted molar refractivity (Wildman–Crippen MR) is 75.4 cm³/mol. The van der Waals surface area contributed by atoms with Gasteiger partial charge >= 0.3 is 0 Å². The number of aromatic nitrogens is 1. The van der Waals surface area contributed by atoms with Crippen LogP contribution >= 0.6 is 0 Å². The van der Waals surface area contributed by atoms with E-state index in [1.807, 2.05) is 0 Å². The molecule has 3 N–H and O–H groups in total. The van der Waals surface area contributed by atoms with Crippen molar-refractivity contribution in [2.75, 3.05) is 14.1 Å². The van der Waals surface area contributed by atoms with Crippen LogP contribution < -0.4 is 5.73 Å². The van der Waals surface area contributed by atoms with Gasteiger partial charge in [0.15, 0.2) is 0 Å². The first kappa shape index (κ1) is 11.8. The second-order valence-corrected chi connectivity index (χ2v) is 5.69. The van der Waals surface area contributed by atoms with E-state index in [4.69, 9.17) is 5.73 Å². The summed E-state index contributed by atoms with van der Waals surface area (Å²) in [5.41, 5.74) is 8.58. The zero-order valence-electron chi connectivity index (χ0n) is 11.1. The number of aromatic amines is 1. The van der Waals surface area contributed by atoms with Crippen LogP contribution in [0.1, 0.15) is 24.4 Å². The summed E-state index contributed by atoms with van der Waals surface area (Å²) in [5, 5.41) is 1.34. The van der Waals surface area contributed by atoms with E-state index in [2.05, 4.69) is 54.4 Å². The first-order chi connectivity index (χ1) is 8.66. The van der Waals surface area contributed by atoms with Gasteiger partial charge in [0.1, 0.15) is 0 Å². The highest BCUT2D eigenvalue weighted by atomic mass is 15.1. The van der Waals surface area contributed by atoms with Crippen molar-refractivity contribution in [3.63, 3.8) is 0 Å². The number of hydrogen-bond acceptors (Lipinski definition) is 2. The molecule has 1 fully saturated rings. The summed E-state index contributed by atoms with van der Waals surface area (Å²) in [5.74, 6) is 0.689. The maximum Gasteiger partial charge on any atom is 0.0457 e. The third kappa shape index (κ3) is 1.84. The van der Waals surface area contributed by atoms with Gasteiger partial charge in [-0.2, -0.15) is 0 Å². The van der Waals surface area contributed by atoms with Gasteiger partial charge in [0.05, 0.1) is 0 Å². The van der Waals surface area contributed by atoms with Crippen molar-refractivity contribution in [3.8, 4) is 0 Å². The summed E-state index contributed by atoms with van der Waals surface area (Å²) in [7, 11) is 4.33. The lowest BCUT2D eigenvalue weighted by Gasteiger charge is -2.41. The summed E-state index contributed by atoms with van der Waals surface area (Å²) in [4.78, 5) is 5.71. The number of rotatable bonds is 3. The van der Waals surface area contributed by atoms with Crippen molar-refractivity contribution >= 4 is 10.9 Å².